The molecule has 1 saturated heterocycles. The second-order valence-electron chi connectivity index (χ2n) is 6.28. The van der Waals surface area contributed by atoms with Crippen molar-refractivity contribution < 1.29 is 17.9 Å². The molecule has 0 bridgehead atoms. The lowest BCUT2D eigenvalue weighted by molar-refractivity contribution is 0.368. The molecule has 0 unspecified atom stereocenters. The van der Waals surface area contributed by atoms with E-state index in [1.54, 1.807) is 12.1 Å². The maximum Gasteiger partial charge on any atom is 0.247 e. The third kappa shape index (κ3) is 2.92. The molecule has 0 radical (unpaired) electrons. The molecule has 9 heteroatoms. The number of hydrogen-bond donors (Lipinski definition) is 0. The standard InChI is InChI=1S/C18H20N4O4S/c1-25-13-8-9-15(26-2)16(12-13)27(23,24)22-11-5-6-14(22)18-20-19-17-7-3-4-10-21(17)18/h3-4,7-10,12,14H,5-6,11H2,1-2H3/t14-/m0/s1. The van der Waals surface area contributed by atoms with Crippen molar-refractivity contribution in [1.82, 2.24) is 18.9 Å². The molecule has 0 spiro atoms. The Balaban J connectivity index is 1.80. The normalized spacial score (nSPS) is 18.1. The molecule has 1 aliphatic rings. The third-order valence-corrected chi connectivity index (χ3v) is 6.73. The molecule has 1 fully saturated rings. The van der Waals surface area contributed by atoms with Crippen LogP contribution in [0.2, 0.25) is 0 Å². The number of pyridine rings is 1. The summed E-state index contributed by atoms with van der Waals surface area (Å²) in [5, 5.41) is 8.42. The second kappa shape index (κ2) is 6.82. The van der Waals surface area contributed by atoms with Crippen LogP contribution in [0.25, 0.3) is 5.65 Å². The molecule has 0 saturated carbocycles. The zero-order chi connectivity index (χ0) is 19.0. The quantitative estimate of drug-likeness (QED) is 0.666. The lowest BCUT2D eigenvalue weighted by atomic mass is 10.2. The predicted molar refractivity (Wildman–Crippen MR) is 98.4 cm³/mol. The van der Waals surface area contributed by atoms with E-state index in [1.807, 2.05) is 28.8 Å². The second-order valence-corrected chi connectivity index (χ2v) is 8.14. The highest BCUT2D eigenvalue weighted by atomic mass is 32.2. The van der Waals surface area contributed by atoms with Gasteiger partial charge in [0.1, 0.15) is 16.4 Å². The van der Waals surface area contributed by atoms with Crippen LogP contribution in [0.15, 0.2) is 47.5 Å². The summed E-state index contributed by atoms with van der Waals surface area (Å²) in [6.07, 6.45) is 3.28. The third-order valence-electron chi connectivity index (χ3n) is 4.80. The lowest BCUT2D eigenvalue weighted by Crippen LogP contribution is -2.32. The molecule has 0 amide bonds. The van der Waals surface area contributed by atoms with Gasteiger partial charge in [0, 0.05) is 18.8 Å². The maximum absolute atomic E-state index is 13.5. The molecular weight excluding hydrogens is 368 g/mol. The molecule has 4 rings (SSSR count). The molecule has 8 nitrogen and oxygen atoms in total. The molecule has 0 aliphatic carbocycles. The number of aromatic nitrogens is 3. The minimum Gasteiger partial charge on any atom is -0.497 e. The minimum absolute atomic E-state index is 0.0880. The zero-order valence-corrected chi connectivity index (χ0v) is 15.9. The first-order valence-corrected chi connectivity index (χ1v) is 10.0. The number of ether oxygens (including phenoxy) is 2. The zero-order valence-electron chi connectivity index (χ0n) is 15.1. The van der Waals surface area contributed by atoms with Crippen LogP contribution >= 0.6 is 0 Å². The van der Waals surface area contributed by atoms with Crippen LogP contribution in [0.5, 0.6) is 11.5 Å². The van der Waals surface area contributed by atoms with Gasteiger partial charge in [-0.1, -0.05) is 6.07 Å². The van der Waals surface area contributed by atoms with Crippen LogP contribution in [0, 0.1) is 0 Å². The fraction of sp³-hybridized carbons (Fsp3) is 0.333. The summed E-state index contributed by atoms with van der Waals surface area (Å²) >= 11 is 0. The molecule has 3 aromatic rings. The van der Waals surface area contributed by atoms with Crippen molar-refractivity contribution >= 4 is 15.7 Å². The molecule has 3 heterocycles. The molecule has 0 N–H and O–H groups in total. The highest BCUT2D eigenvalue weighted by Crippen LogP contribution is 2.39. The molecule has 1 aliphatic heterocycles. The van der Waals surface area contributed by atoms with Gasteiger partial charge in [-0.15, -0.1) is 10.2 Å². The Bertz CT molecular complexity index is 1080. The van der Waals surface area contributed by atoms with Crippen LogP contribution in [-0.4, -0.2) is 48.1 Å². The van der Waals surface area contributed by atoms with E-state index in [0.29, 0.717) is 30.2 Å². The fourth-order valence-corrected chi connectivity index (χ4v) is 5.31. The number of fused-ring (bicyclic) bond motifs is 1. The Hall–Kier alpha value is -2.65. The largest absolute Gasteiger partial charge is 0.497 e. The fourth-order valence-electron chi connectivity index (χ4n) is 3.48. The SMILES string of the molecule is COc1ccc(OC)c(S(=O)(=O)N2CCC[C@H]2c2nnc3ccccn23)c1. The molecule has 1 atom stereocenters. The van der Waals surface area contributed by atoms with Crippen molar-refractivity contribution in [3.05, 3.63) is 48.4 Å². The van der Waals surface area contributed by atoms with Crippen molar-refractivity contribution in [2.45, 2.75) is 23.8 Å². The Kier molecular flexibility index (Phi) is 4.48. The first-order chi connectivity index (χ1) is 13.1. The molecule has 1 aromatic carbocycles. The van der Waals surface area contributed by atoms with Crippen molar-refractivity contribution in [2.75, 3.05) is 20.8 Å². The van der Waals surface area contributed by atoms with Gasteiger partial charge in [0.15, 0.2) is 11.5 Å². The monoisotopic (exact) mass is 388 g/mol. The van der Waals surface area contributed by atoms with Crippen LogP contribution < -0.4 is 9.47 Å². The van der Waals surface area contributed by atoms with Gasteiger partial charge >= 0.3 is 0 Å². The van der Waals surface area contributed by atoms with Crippen LogP contribution in [-0.2, 0) is 10.0 Å². The Morgan fingerprint density at radius 3 is 2.74 bits per heavy atom. The molecular formula is C18H20N4O4S. The van der Waals surface area contributed by atoms with Gasteiger partial charge in [0.25, 0.3) is 0 Å². The van der Waals surface area contributed by atoms with E-state index >= 15 is 0 Å². The van der Waals surface area contributed by atoms with E-state index in [1.165, 1.54) is 24.6 Å². The smallest absolute Gasteiger partial charge is 0.247 e. The van der Waals surface area contributed by atoms with E-state index in [4.69, 9.17) is 9.47 Å². The number of nitrogens with zero attached hydrogens (tertiary/aromatic N) is 4. The Morgan fingerprint density at radius 1 is 1.11 bits per heavy atom. The van der Waals surface area contributed by atoms with Gasteiger partial charge < -0.3 is 9.47 Å². The van der Waals surface area contributed by atoms with E-state index in [2.05, 4.69) is 10.2 Å². The summed E-state index contributed by atoms with van der Waals surface area (Å²) in [6.45, 7) is 0.412. The topological polar surface area (TPSA) is 86.0 Å². The highest BCUT2D eigenvalue weighted by Gasteiger charge is 2.40. The average molecular weight is 388 g/mol. The van der Waals surface area contributed by atoms with Crippen molar-refractivity contribution in [2.24, 2.45) is 0 Å². The van der Waals surface area contributed by atoms with Crippen molar-refractivity contribution in [3.63, 3.8) is 0 Å². The number of sulfonamides is 1. The summed E-state index contributed by atoms with van der Waals surface area (Å²) in [4.78, 5) is 0.0880. The van der Waals surface area contributed by atoms with E-state index < -0.39 is 10.0 Å². The van der Waals surface area contributed by atoms with Crippen LogP contribution in [0.1, 0.15) is 24.7 Å². The van der Waals surface area contributed by atoms with Gasteiger partial charge in [0.2, 0.25) is 10.0 Å². The van der Waals surface area contributed by atoms with E-state index in [9.17, 15) is 8.42 Å². The summed E-state index contributed by atoms with van der Waals surface area (Å²) in [5.41, 5.74) is 0.690. The Labute approximate surface area is 157 Å². The Morgan fingerprint density at radius 2 is 1.96 bits per heavy atom. The molecule has 27 heavy (non-hydrogen) atoms. The van der Waals surface area contributed by atoms with Gasteiger partial charge in [-0.2, -0.15) is 4.31 Å². The average Bonchev–Trinajstić information content (AvgIpc) is 3.34. The van der Waals surface area contributed by atoms with Gasteiger partial charge in [-0.3, -0.25) is 4.40 Å². The first-order valence-electron chi connectivity index (χ1n) is 8.60. The molecule has 142 valence electrons. The first kappa shape index (κ1) is 17.7. The summed E-state index contributed by atoms with van der Waals surface area (Å²) < 4.78 is 40.7. The summed E-state index contributed by atoms with van der Waals surface area (Å²) in [5.74, 6) is 1.36. The summed E-state index contributed by atoms with van der Waals surface area (Å²) in [6, 6.07) is 9.97. The highest BCUT2D eigenvalue weighted by molar-refractivity contribution is 7.89. The number of methoxy groups -OCH3 is 2. The van der Waals surface area contributed by atoms with Crippen LogP contribution in [0.4, 0.5) is 0 Å². The predicted octanol–water partition coefficient (Wildman–Crippen LogP) is 2.27. The van der Waals surface area contributed by atoms with Crippen molar-refractivity contribution in [1.29, 1.82) is 0 Å². The number of rotatable bonds is 5. The summed E-state index contributed by atoms with van der Waals surface area (Å²) in [7, 11) is -0.859. The lowest BCUT2D eigenvalue weighted by Gasteiger charge is -2.24. The molecule has 2 aromatic heterocycles. The number of hydrogen-bond acceptors (Lipinski definition) is 6. The minimum atomic E-state index is -3.81. The van der Waals surface area contributed by atoms with E-state index in [0.717, 1.165) is 6.42 Å². The van der Waals surface area contributed by atoms with Crippen LogP contribution in [0.3, 0.4) is 0 Å². The van der Waals surface area contributed by atoms with Gasteiger partial charge in [0.05, 0.1) is 20.3 Å². The van der Waals surface area contributed by atoms with Crippen molar-refractivity contribution in [3.8, 4) is 11.5 Å². The maximum atomic E-state index is 13.5. The number of benzene rings is 1. The van der Waals surface area contributed by atoms with Gasteiger partial charge in [-0.05, 0) is 37.1 Å². The van der Waals surface area contributed by atoms with E-state index in [-0.39, 0.29) is 16.7 Å². The van der Waals surface area contributed by atoms with Gasteiger partial charge in [-0.25, -0.2) is 8.42 Å².